The number of nitrogens with one attached hydrogen (secondary N) is 1. The molecule has 0 saturated carbocycles. The maximum Gasteiger partial charge on any atom is 0.338 e. The fourth-order valence-electron chi connectivity index (χ4n) is 2.35. The van der Waals surface area contributed by atoms with Crippen LogP contribution in [0.2, 0.25) is 0 Å². The topological polar surface area (TPSA) is 41.6 Å². The van der Waals surface area contributed by atoms with Crippen molar-refractivity contribution in [1.82, 2.24) is 5.32 Å². The van der Waals surface area contributed by atoms with E-state index in [1.165, 1.54) is 5.69 Å². The third-order valence-corrected chi connectivity index (χ3v) is 3.52. The highest BCUT2D eigenvalue weighted by atomic mass is 16.5. The summed E-state index contributed by atoms with van der Waals surface area (Å²) in [5, 5.41) is 3.34. The van der Waals surface area contributed by atoms with E-state index in [-0.39, 0.29) is 5.97 Å². The van der Waals surface area contributed by atoms with Crippen molar-refractivity contribution in [3.05, 3.63) is 66.2 Å². The number of ether oxygens (including phenoxy) is 1. The zero-order chi connectivity index (χ0) is 16.3. The van der Waals surface area contributed by atoms with Crippen LogP contribution in [0, 0.1) is 0 Å². The molecule has 0 aliphatic carbocycles. The van der Waals surface area contributed by atoms with E-state index in [0.717, 1.165) is 26.2 Å². The fourth-order valence-corrected chi connectivity index (χ4v) is 2.35. The highest BCUT2D eigenvalue weighted by Gasteiger charge is 2.08. The van der Waals surface area contributed by atoms with Gasteiger partial charge in [0.1, 0.15) is 0 Å². The van der Waals surface area contributed by atoms with Crippen molar-refractivity contribution in [3.8, 4) is 0 Å². The average Bonchev–Trinajstić information content (AvgIpc) is 2.65. The van der Waals surface area contributed by atoms with Crippen LogP contribution in [0.15, 0.2) is 60.7 Å². The zero-order valence-corrected chi connectivity index (χ0v) is 13.6. The van der Waals surface area contributed by atoms with Crippen LogP contribution in [-0.2, 0) is 4.74 Å². The van der Waals surface area contributed by atoms with Crippen molar-refractivity contribution < 1.29 is 9.53 Å². The molecular weight excluding hydrogens is 288 g/mol. The summed E-state index contributed by atoms with van der Waals surface area (Å²) >= 11 is 0. The van der Waals surface area contributed by atoms with Crippen LogP contribution in [0.4, 0.5) is 5.69 Å². The molecule has 1 aliphatic heterocycles. The number of carbonyl (C=O) groups is 1. The summed E-state index contributed by atoms with van der Waals surface area (Å²) in [7, 11) is 0. The SMILES string of the molecule is CCOC(=O)c1ccccc1.c1ccc(N2CCNCC2)cc1. The molecule has 0 spiro atoms. The van der Waals surface area contributed by atoms with Crippen molar-refractivity contribution in [3.63, 3.8) is 0 Å². The lowest BCUT2D eigenvalue weighted by Crippen LogP contribution is -2.43. The summed E-state index contributed by atoms with van der Waals surface area (Å²) in [4.78, 5) is 13.4. The second-order valence-corrected chi connectivity index (χ2v) is 5.16. The number of benzene rings is 2. The van der Waals surface area contributed by atoms with Gasteiger partial charge in [-0.1, -0.05) is 36.4 Å². The molecule has 0 radical (unpaired) electrons. The summed E-state index contributed by atoms with van der Waals surface area (Å²) in [6.07, 6.45) is 0. The standard InChI is InChI=1S/C10H14N2.C9H10O2/c1-2-4-10(5-3-1)12-8-6-11-7-9-12;1-2-11-9(10)8-6-4-3-5-7-8/h1-5,11H,6-9H2;3-7H,2H2,1H3. The van der Waals surface area contributed by atoms with Gasteiger partial charge < -0.3 is 15.0 Å². The summed E-state index contributed by atoms with van der Waals surface area (Å²) in [5.74, 6) is -0.256. The highest BCUT2D eigenvalue weighted by Crippen LogP contribution is 2.12. The van der Waals surface area contributed by atoms with E-state index in [1.54, 1.807) is 19.1 Å². The van der Waals surface area contributed by atoms with Crippen LogP contribution in [-0.4, -0.2) is 38.8 Å². The van der Waals surface area contributed by atoms with Crippen LogP contribution >= 0.6 is 0 Å². The van der Waals surface area contributed by atoms with Gasteiger partial charge in [0, 0.05) is 31.9 Å². The fraction of sp³-hybridized carbons (Fsp3) is 0.316. The summed E-state index contributed by atoms with van der Waals surface area (Å²) in [5.41, 5.74) is 1.95. The number of nitrogens with zero attached hydrogens (tertiary/aromatic N) is 1. The highest BCUT2D eigenvalue weighted by molar-refractivity contribution is 5.89. The number of piperazine rings is 1. The van der Waals surface area contributed by atoms with Gasteiger partial charge in [0.2, 0.25) is 0 Å². The van der Waals surface area contributed by atoms with Crippen molar-refractivity contribution in [2.45, 2.75) is 6.92 Å². The lowest BCUT2D eigenvalue weighted by Gasteiger charge is -2.29. The van der Waals surface area contributed by atoms with E-state index in [0.29, 0.717) is 12.2 Å². The summed E-state index contributed by atoms with van der Waals surface area (Å²) < 4.78 is 4.79. The first-order chi connectivity index (χ1) is 11.3. The number of carbonyl (C=O) groups excluding carboxylic acids is 1. The van der Waals surface area contributed by atoms with Crippen LogP contribution < -0.4 is 10.2 Å². The second-order valence-electron chi connectivity index (χ2n) is 5.16. The molecule has 1 saturated heterocycles. The van der Waals surface area contributed by atoms with Gasteiger partial charge in [0.25, 0.3) is 0 Å². The normalized spacial score (nSPS) is 13.7. The maximum atomic E-state index is 11.0. The largest absolute Gasteiger partial charge is 0.462 e. The van der Waals surface area contributed by atoms with Crippen LogP contribution in [0.25, 0.3) is 0 Å². The number of para-hydroxylation sites is 1. The van der Waals surface area contributed by atoms with Gasteiger partial charge in [-0.3, -0.25) is 0 Å². The molecule has 0 aromatic heterocycles. The number of hydrogen-bond donors (Lipinski definition) is 1. The molecule has 2 aromatic rings. The molecule has 0 bridgehead atoms. The van der Waals surface area contributed by atoms with Gasteiger partial charge in [-0.2, -0.15) is 0 Å². The molecule has 0 unspecified atom stereocenters. The van der Waals surface area contributed by atoms with E-state index < -0.39 is 0 Å². The predicted molar refractivity (Wildman–Crippen MR) is 93.9 cm³/mol. The maximum absolute atomic E-state index is 11.0. The van der Waals surface area contributed by atoms with E-state index in [1.807, 2.05) is 18.2 Å². The van der Waals surface area contributed by atoms with Gasteiger partial charge in [-0.05, 0) is 31.2 Å². The Hall–Kier alpha value is -2.33. The number of esters is 1. The first-order valence-electron chi connectivity index (χ1n) is 8.04. The van der Waals surface area contributed by atoms with Crippen molar-refractivity contribution in [2.75, 3.05) is 37.7 Å². The summed E-state index contributed by atoms with van der Waals surface area (Å²) in [6, 6.07) is 19.5. The quantitative estimate of drug-likeness (QED) is 0.885. The Labute approximate surface area is 138 Å². The van der Waals surface area contributed by atoms with Gasteiger partial charge >= 0.3 is 5.97 Å². The predicted octanol–water partition coefficient (Wildman–Crippen LogP) is 2.96. The number of rotatable bonds is 3. The molecule has 122 valence electrons. The molecule has 3 rings (SSSR count). The lowest BCUT2D eigenvalue weighted by atomic mass is 10.2. The minimum atomic E-state index is -0.256. The first kappa shape index (κ1) is 17.0. The Morgan fingerprint density at radius 1 is 1.00 bits per heavy atom. The van der Waals surface area contributed by atoms with Crippen LogP contribution in [0.1, 0.15) is 17.3 Å². The second kappa shape index (κ2) is 9.64. The number of hydrogen-bond acceptors (Lipinski definition) is 4. The molecule has 23 heavy (non-hydrogen) atoms. The smallest absolute Gasteiger partial charge is 0.338 e. The van der Waals surface area contributed by atoms with Crippen molar-refractivity contribution in [1.29, 1.82) is 0 Å². The molecule has 0 atom stereocenters. The molecule has 2 aromatic carbocycles. The van der Waals surface area contributed by atoms with Crippen LogP contribution in [0.5, 0.6) is 0 Å². The minimum absolute atomic E-state index is 0.256. The first-order valence-corrected chi connectivity index (χ1v) is 8.04. The van der Waals surface area contributed by atoms with Gasteiger partial charge in [0.05, 0.1) is 12.2 Å². The minimum Gasteiger partial charge on any atom is -0.462 e. The number of anilines is 1. The molecule has 1 fully saturated rings. The molecule has 4 heteroatoms. The van der Waals surface area contributed by atoms with Crippen molar-refractivity contribution in [2.24, 2.45) is 0 Å². The Morgan fingerprint density at radius 2 is 1.57 bits per heavy atom. The third kappa shape index (κ3) is 5.75. The van der Waals surface area contributed by atoms with Crippen LogP contribution in [0.3, 0.4) is 0 Å². The molecule has 1 aliphatic rings. The van der Waals surface area contributed by atoms with E-state index in [2.05, 4.69) is 40.5 Å². The molecule has 4 nitrogen and oxygen atoms in total. The molecule has 1 heterocycles. The molecular formula is C19H24N2O2. The van der Waals surface area contributed by atoms with Gasteiger partial charge in [0.15, 0.2) is 0 Å². The lowest BCUT2D eigenvalue weighted by molar-refractivity contribution is 0.0526. The van der Waals surface area contributed by atoms with Crippen molar-refractivity contribution >= 4 is 11.7 Å². The molecule has 1 N–H and O–H groups in total. The Morgan fingerprint density at radius 3 is 2.13 bits per heavy atom. The van der Waals surface area contributed by atoms with Gasteiger partial charge in [-0.25, -0.2) is 4.79 Å². The van der Waals surface area contributed by atoms with E-state index in [9.17, 15) is 4.79 Å². The average molecular weight is 312 g/mol. The molecule has 0 amide bonds. The summed E-state index contributed by atoms with van der Waals surface area (Å²) in [6.45, 7) is 6.69. The monoisotopic (exact) mass is 312 g/mol. The Kier molecular flexibility index (Phi) is 7.14. The van der Waals surface area contributed by atoms with Gasteiger partial charge in [-0.15, -0.1) is 0 Å². The Bertz CT molecular complexity index is 566. The van der Waals surface area contributed by atoms with E-state index in [4.69, 9.17) is 4.74 Å². The third-order valence-electron chi connectivity index (χ3n) is 3.52. The zero-order valence-electron chi connectivity index (χ0n) is 13.6. The van der Waals surface area contributed by atoms with E-state index >= 15 is 0 Å². The Balaban J connectivity index is 0.000000168.